The van der Waals surface area contributed by atoms with Crippen LogP contribution in [-0.2, 0) is 149 Å². The lowest BCUT2D eigenvalue weighted by molar-refractivity contribution is -0.384. The van der Waals surface area contributed by atoms with Crippen molar-refractivity contribution in [1.29, 1.82) is 0 Å². The fraction of sp³-hybridized carbons (Fsp3) is 0.306. The minimum absolute atomic E-state index is 0.00472. The molecule has 0 aliphatic carbocycles. The molecule has 24 heteroatoms. The molecular formula is C108H108O24. The number of aliphatic hydroxyl groups excluding tert-OH is 2. The zero-order valence-corrected chi connectivity index (χ0v) is 72.8. The van der Waals surface area contributed by atoms with E-state index in [1.165, 1.54) is 0 Å². The van der Waals surface area contributed by atoms with E-state index in [9.17, 15) is 15.0 Å². The van der Waals surface area contributed by atoms with Crippen LogP contribution >= 0.6 is 0 Å². The van der Waals surface area contributed by atoms with Gasteiger partial charge in [0.1, 0.15) is 79.4 Å². The molecule has 2 N–H and O–H groups in total. The van der Waals surface area contributed by atoms with Gasteiger partial charge in [-0.15, -0.1) is 0 Å². The third kappa shape index (κ3) is 26.0. The van der Waals surface area contributed by atoms with E-state index in [1.54, 1.807) is 91.0 Å². The molecule has 0 aromatic heterocycles. The second-order valence-electron chi connectivity index (χ2n) is 32.4. The molecule has 0 amide bonds. The number of esters is 3. The highest BCUT2D eigenvalue weighted by Crippen LogP contribution is 2.40. The van der Waals surface area contributed by atoms with Crippen molar-refractivity contribution in [1.82, 2.24) is 0 Å². The van der Waals surface area contributed by atoms with Crippen LogP contribution in [0.25, 0.3) is 0 Å². The van der Waals surface area contributed by atoms with Gasteiger partial charge in [0.2, 0.25) is 0 Å². The molecule has 0 unspecified atom stereocenters. The molecule has 0 radical (unpaired) electrons. The van der Waals surface area contributed by atoms with Gasteiger partial charge in [0, 0.05) is 0 Å². The summed E-state index contributed by atoms with van der Waals surface area (Å²) >= 11 is 0. The molecule has 4 heterocycles. The lowest BCUT2D eigenvalue weighted by Crippen LogP contribution is -2.67. The summed E-state index contributed by atoms with van der Waals surface area (Å²) in [7, 11) is 0. The molecule has 4 saturated heterocycles. The molecule has 684 valence electrons. The van der Waals surface area contributed by atoms with Gasteiger partial charge in [-0.05, 0) is 86.5 Å². The number of hydrogen-bond acceptors (Lipinski definition) is 24. The van der Waals surface area contributed by atoms with Gasteiger partial charge < -0.3 is 100 Å². The van der Waals surface area contributed by atoms with Crippen molar-refractivity contribution in [3.05, 3.63) is 431 Å². The maximum Gasteiger partial charge on any atom is 0.338 e. The Morgan fingerprint density at radius 1 is 0.220 bits per heavy atom. The maximum atomic E-state index is 15.3. The summed E-state index contributed by atoms with van der Waals surface area (Å²) in [6.45, 7) is -1.86. The summed E-state index contributed by atoms with van der Waals surface area (Å²) in [4.78, 5) is 44.9. The van der Waals surface area contributed by atoms with Crippen molar-refractivity contribution >= 4 is 17.9 Å². The number of benzene rings is 12. The Morgan fingerprint density at radius 3 is 0.750 bits per heavy atom. The molecule has 132 heavy (non-hydrogen) atoms. The molecule has 4 fully saturated rings. The van der Waals surface area contributed by atoms with Gasteiger partial charge in [-0.2, -0.15) is 0 Å². The van der Waals surface area contributed by atoms with E-state index in [4.69, 9.17) is 90.0 Å². The van der Waals surface area contributed by atoms with Crippen molar-refractivity contribution in [2.45, 2.75) is 182 Å². The zero-order valence-electron chi connectivity index (χ0n) is 72.8. The van der Waals surface area contributed by atoms with Crippen LogP contribution in [0, 0.1) is 0 Å². The van der Waals surface area contributed by atoms with Crippen LogP contribution in [-0.4, -0.2) is 177 Å². The smallest absolute Gasteiger partial charge is 0.338 e. The van der Waals surface area contributed by atoms with Crippen molar-refractivity contribution in [3.8, 4) is 0 Å². The minimum Gasteiger partial charge on any atom is -0.450 e. The molecule has 4 aliphatic heterocycles. The quantitative estimate of drug-likeness (QED) is 0.0266. The zero-order chi connectivity index (χ0) is 90.3. The summed E-state index contributed by atoms with van der Waals surface area (Å²) in [6.07, 6.45) is -27.8. The Bertz CT molecular complexity index is 5350. The Kier molecular flexibility index (Phi) is 34.5. The van der Waals surface area contributed by atoms with Gasteiger partial charge in [-0.25, -0.2) is 14.4 Å². The molecule has 24 nitrogen and oxygen atoms in total. The Morgan fingerprint density at radius 2 is 0.439 bits per heavy atom. The predicted molar refractivity (Wildman–Crippen MR) is 484 cm³/mol. The fourth-order valence-electron chi connectivity index (χ4n) is 16.4. The molecule has 20 atom stereocenters. The Hall–Kier alpha value is -11.7. The van der Waals surface area contributed by atoms with E-state index >= 15 is 9.59 Å². The maximum absolute atomic E-state index is 15.3. The Labute approximate surface area is 767 Å². The first-order chi connectivity index (χ1) is 65.1. The van der Waals surface area contributed by atoms with Gasteiger partial charge in [0.25, 0.3) is 0 Å². The molecule has 0 saturated carbocycles. The fourth-order valence-corrected chi connectivity index (χ4v) is 16.4. The first-order valence-corrected chi connectivity index (χ1v) is 44.5. The van der Waals surface area contributed by atoms with Gasteiger partial charge in [-0.1, -0.05) is 328 Å². The second kappa shape index (κ2) is 48.6. The van der Waals surface area contributed by atoms with E-state index < -0.39 is 161 Å². The molecule has 12 aromatic rings. The largest absolute Gasteiger partial charge is 0.450 e. The molecule has 0 spiro atoms. The molecular weight excluding hydrogens is 1680 g/mol. The van der Waals surface area contributed by atoms with Crippen molar-refractivity contribution < 1.29 is 115 Å². The average molecular weight is 1790 g/mol. The SMILES string of the molecule is O=C(O[C@@H]1[C@@H](OC[C@H]2O[C@H](O)[C@@H](OC(=O)c3ccccc3)[C@@H](OCc3ccccc3)[C@@H]2OCc2ccccc2)O[C@H](CO[C@H]2O[C@H](CO)[C@@H](OCc3ccccc3)[C@H](OCc3ccccc3)[C@@H]2O[C@H]2O[C@H](COCc3ccccc3)[C@@H](OCc3ccccc3)[C@H](OCc3ccccc3)[C@@H]2OC(=O)c2ccccc2)[C@@H](OCc2ccccc2)[C@@H]1OCc1ccccc1)c1ccccc1. The highest BCUT2D eigenvalue weighted by molar-refractivity contribution is 5.90. The summed E-state index contributed by atoms with van der Waals surface area (Å²) < 4.78 is 135. The van der Waals surface area contributed by atoms with E-state index in [0.717, 1.165) is 50.1 Å². The molecule has 4 aliphatic rings. The summed E-state index contributed by atoms with van der Waals surface area (Å²) in [5.41, 5.74) is 7.62. The lowest BCUT2D eigenvalue weighted by Gasteiger charge is -2.50. The van der Waals surface area contributed by atoms with Crippen molar-refractivity contribution in [3.63, 3.8) is 0 Å². The summed E-state index contributed by atoms with van der Waals surface area (Å²) in [5.74, 6) is -2.30. The average Bonchev–Trinajstić information content (AvgIpc) is 0.777. The first-order valence-electron chi connectivity index (χ1n) is 44.5. The third-order valence-corrected chi connectivity index (χ3v) is 23.1. The van der Waals surface area contributed by atoms with Gasteiger partial charge in [0.05, 0.1) is 103 Å². The lowest BCUT2D eigenvalue weighted by atomic mass is 9.95. The normalized spacial score (nSPS) is 25.3. The standard InChI is InChI=1S/C108H108O24/c109-61-86-90(115-63-75-39-15-2-16-40-75)95(120-68-80-49-25-7-26-50-80)100(132-108-101(131-104(112)85-59-35-12-36-60-85)97(122-70-82-53-29-9-30-54-82)91(116-64-76-41-17-3-18-42-76)87(128-108)71-114-62-74-37-13-1-14-38-74)107(126-86)124-73-89-93(118-66-78-45-21-5-22-46-78)96(121-69-81-51-27-8-28-52-81)99(130-103(111)84-57-33-11-34-58-84)106(127-89)123-72-88-92(117-65-77-43-19-4-20-44-77)94(119-67-79-47-23-6-24-48-79)98(105(113)125-88)129-102(110)83-55-31-10-32-56-83/h1-60,86-101,105-109,113H,61-73H2/t86-,87-,88-,89-,90-,91-,92-,93-,94+,95+,96+,97+,98+,99+,100+,101+,105+,106+,107+,108-/m1/s1. The number of ether oxygens (including phenoxy) is 19. The highest BCUT2D eigenvalue weighted by Gasteiger charge is 2.58. The number of aliphatic hydroxyl groups is 2. The third-order valence-electron chi connectivity index (χ3n) is 23.1. The van der Waals surface area contributed by atoms with Crippen LogP contribution in [0.1, 0.15) is 81.1 Å². The molecule has 12 aromatic carbocycles. The molecule has 16 rings (SSSR count). The van der Waals surface area contributed by atoms with E-state index in [0.29, 0.717) is 0 Å². The number of carbonyl (C=O) groups excluding carboxylic acids is 3. The van der Waals surface area contributed by atoms with E-state index in [2.05, 4.69) is 0 Å². The van der Waals surface area contributed by atoms with Crippen LogP contribution in [0.2, 0.25) is 0 Å². The van der Waals surface area contributed by atoms with Crippen LogP contribution < -0.4 is 0 Å². The second-order valence-corrected chi connectivity index (χ2v) is 32.4. The van der Waals surface area contributed by atoms with Crippen molar-refractivity contribution in [2.75, 3.05) is 26.4 Å². The topological polar surface area (TPSA) is 267 Å². The van der Waals surface area contributed by atoms with Crippen LogP contribution in [0.4, 0.5) is 0 Å². The van der Waals surface area contributed by atoms with Crippen LogP contribution in [0.5, 0.6) is 0 Å². The number of hydrogen-bond donors (Lipinski definition) is 2. The highest BCUT2D eigenvalue weighted by atomic mass is 16.8. The minimum atomic E-state index is -1.87. The van der Waals surface area contributed by atoms with Crippen molar-refractivity contribution in [2.24, 2.45) is 0 Å². The van der Waals surface area contributed by atoms with Gasteiger partial charge in [-0.3, -0.25) is 0 Å². The summed E-state index contributed by atoms with van der Waals surface area (Å²) in [5, 5.41) is 24.6. The number of rotatable bonds is 43. The molecule has 0 bridgehead atoms. The van der Waals surface area contributed by atoms with Gasteiger partial charge >= 0.3 is 17.9 Å². The Balaban J connectivity index is 0.815. The predicted octanol–water partition coefficient (Wildman–Crippen LogP) is 15.9. The van der Waals surface area contributed by atoms with Crippen LogP contribution in [0.3, 0.4) is 0 Å². The summed E-state index contributed by atoms with van der Waals surface area (Å²) in [6, 6.07) is 111. The monoisotopic (exact) mass is 1790 g/mol. The number of carbonyl (C=O) groups is 3. The van der Waals surface area contributed by atoms with E-state index in [1.807, 2.05) is 273 Å². The van der Waals surface area contributed by atoms with Crippen LogP contribution in [0.15, 0.2) is 364 Å². The van der Waals surface area contributed by atoms with E-state index in [-0.39, 0.29) is 82.8 Å². The van der Waals surface area contributed by atoms with Gasteiger partial charge in [0.15, 0.2) is 43.5 Å². The first kappa shape index (κ1) is 93.6.